The van der Waals surface area contributed by atoms with Gasteiger partial charge in [0.25, 0.3) is 5.91 Å². The first kappa shape index (κ1) is 8.62. The summed E-state index contributed by atoms with van der Waals surface area (Å²) in [5.74, 6) is -1.22. The van der Waals surface area contributed by atoms with E-state index in [1.807, 2.05) is 0 Å². The van der Waals surface area contributed by atoms with Gasteiger partial charge in [-0.1, -0.05) is 23.2 Å². The predicted octanol–water partition coefficient (Wildman–Crippen LogP) is -0.168. The number of hydrogen-bond acceptors (Lipinski definition) is 3. The van der Waals surface area contributed by atoms with Crippen LogP contribution < -0.4 is 5.32 Å². The van der Waals surface area contributed by atoms with Gasteiger partial charge < -0.3 is 10.1 Å². The average molecular weight is 198 g/mol. The summed E-state index contributed by atoms with van der Waals surface area (Å²) in [6.45, 7) is 0. The van der Waals surface area contributed by atoms with Crippen LogP contribution in [0.2, 0.25) is 0 Å². The van der Waals surface area contributed by atoms with E-state index in [1.54, 1.807) is 0 Å². The van der Waals surface area contributed by atoms with Crippen molar-refractivity contribution in [2.24, 2.45) is 0 Å². The van der Waals surface area contributed by atoms with Gasteiger partial charge in [-0.25, -0.2) is 4.79 Å². The minimum atomic E-state index is -1.66. The van der Waals surface area contributed by atoms with E-state index in [0.717, 1.165) is 0 Å². The lowest BCUT2D eigenvalue weighted by Crippen LogP contribution is -2.69. The fraction of sp³-hybridized carbons (Fsp3) is 0.600. The maximum atomic E-state index is 10.7. The first-order valence-electron chi connectivity index (χ1n) is 2.76. The summed E-state index contributed by atoms with van der Waals surface area (Å²) in [6, 6.07) is -0.941. The van der Waals surface area contributed by atoms with Crippen LogP contribution in [-0.2, 0) is 14.3 Å². The van der Waals surface area contributed by atoms with Crippen molar-refractivity contribution in [1.82, 2.24) is 5.32 Å². The average Bonchev–Trinajstić information content (AvgIpc) is 1.98. The van der Waals surface area contributed by atoms with Crippen molar-refractivity contribution in [3.63, 3.8) is 0 Å². The minimum absolute atomic E-state index is 0.573. The fourth-order valence-electron chi connectivity index (χ4n) is 0.696. The van der Waals surface area contributed by atoms with Gasteiger partial charge in [0.05, 0.1) is 7.11 Å². The van der Waals surface area contributed by atoms with E-state index in [4.69, 9.17) is 23.2 Å². The van der Waals surface area contributed by atoms with Crippen molar-refractivity contribution >= 4 is 35.1 Å². The third-order valence-electron chi connectivity index (χ3n) is 1.38. The third kappa shape index (κ3) is 1.16. The summed E-state index contributed by atoms with van der Waals surface area (Å²) >= 11 is 10.9. The molecule has 0 aromatic rings. The summed E-state index contributed by atoms with van der Waals surface area (Å²) in [5, 5.41) is 2.21. The molecule has 6 heteroatoms. The van der Waals surface area contributed by atoms with E-state index >= 15 is 0 Å². The van der Waals surface area contributed by atoms with Gasteiger partial charge in [-0.3, -0.25) is 4.79 Å². The van der Waals surface area contributed by atoms with E-state index in [1.165, 1.54) is 7.11 Å². The molecule has 1 aliphatic rings. The van der Waals surface area contributed by atoms with Gasteiger partial charge in [-0.05, 0) is 0 Å². The second-order valence-electron chi connectivity index (χ2n) is 2.05. The molecule has 4 nitrogen and oxygen atoms in total. The molecule has 0 aliphatic carbocycles. The Morgan fingerprint density at radius 3 is 2.55 bits per heavy atom. The molecule has 0 saturated carbocycles. The number of hydrogen-bond donors (Lipinski definition) is 1. The first-order chi connectivity index (χ1) is 5.00. The molecule has 1 amide bonds. The Morgan fingerprint density at radius 1 is 1.73 bits per heavy atom. The molecule has 0 aromatic carbocycles. The molecule has 1 atom stereocenters. The van der Waals surface area contributed by atoms with E-state index < -0.39 is 22.3 Å². The number of nitrogens with one attached hydrogen (secondary N) is 1. The molecule has 11 heavy (non-hydrogen) atoms. The second-order valence-corrected chi connectivity index (χ2v) is 3.44. The number of β-lactam (4-membered cyclic amide) rings is 1. The normalized spacial score (nSPS) is 26.8. The highest BCUT2D eigenvalue weighted by molar-refractivity contribution is 6.62. The Labute approximate surface area is 72.8 Å². The van der Waals surface area contributed by atoms with Crippen LogP contribution in [0.3, 0.4) is 0 Å². The lowest BCUT2D eigenvalue weighted by Gasteiger charge is -2.36. The van der Waals surface area contributed by atoms with Gasteiger partial charge >= 0.3 is 5.97 Å². The van der Waals surface area contributed by atoms with Crippen LogP contribution in [-0.4, -0.2) is 29.4 Å². The predicted molar refractivity (Wildman–Crippen MR) is 38.4 cm³/mol. The Kier molecular flexibility index (Phi) is 1.98. The highest BCUT2D eigenvalue weighted by Gasteiger charge is 2.57. The van der Waals surface area contributed by atoms with Crippen molar-refractivity contribution in [2.75, 3.05) is 7.11 Å². The molecule has 1 heterocycles. The zero-order valence-corrected chi connectivity index (χ0v) is 7.07. The van der Waals surface area contributed by atoms with Crippen LogP contribution in [0.5, 0.6) is 0 Å². The number of esters is 1. The summed E-state index contributed by atoms with van der Waals surface area (Å²) in [7, 11) is 1.19. The zero-order valence-electron chi connectivity index (χ0n) is 5.56. The molecule has 0 unspecified atom stereocenters. The molecule has 0 aromatic heterocycles. The molecule has 1 N–H and O–H groups in total. The number of rotatable bonds is 1. The summed E-state index contributed by atoms with van der Waals surface area (Å²) < 4.78 is 2.66. The van der Waals surface area contributed by atoms with Crippen molar-refractivity contribution in [1.29, 1.82) is 0 Å². The number of halogens is 2. The number of methoxy groups -OCH3 is 1. The first-order valence-corrected chi connectivity index (χ1v) is 3.52. The molecule has 0 spiro atoms. The summed E-state index contributed by atoms with van der Waals surface area (Å²) in [4.78, 5) is 21.3. The van der Waals surface area contributed by atoms with E-state index in [9.17, 15) is 9.59 Å². The number of amides is 1. The van der Waals surface area contributed by atoms with Gasteiger partial charge in [-0.2, -0.15) is 0 Å². The lowest BCUT2D eigenvalue weighted by atomic mass is 10.1. The number of carbonyl (C=O) groups excluding carboxylic acids is 2. The maximum Gasteiger partial charge on any atom is 0.332 e. The Hall–Kier alpha value is -0.480. The lowest BCUT2D eigenvalue weighted by molar-refractivity contribution is -0.151. The number of ether oxygens (including phenoxy) is 1. The smallest absolute Gasteiger partial charge is 0.332 e. The molecule has 0 bridgehead atoms. The van der Waals surface area contributed by atoms with Gasteiger partial charge in [0.1, 0.15) is 0 Å². The van der Waals surface area contributed by atoms with Crippen molar-refractivity contribution in [3.05, 3.63) is 0 Å². The monoisotopic (exact) mass is 197 g/mol. The Bertz CT molecular complexity index is 216. The van der Waals surface area contributed by atoms with Crippen LogP contribution in [0.1, 0.15) is 0 Å². The largest absolute Gasteiger partial charge is 0.467 e. The number of alkyl halides is 2. The summed E-state index contributed by atoms with van der Waals surface area (Å²) in [6.07, 6.45) is 0. The Morgan fingerprint density at radius 2 is 2.27 bits per heavy atom. The minimum Gasteiger partial charge on any atom is -0.467 e. The molecular weight excluding hydrogens is 193 g/mol. The Balaban J connectivity index is 2.66. The van der Waals surface area contributed by atoms with Gasteiger partial charge in [-0.15, -0.1) is 0 Å². The molecule has 1 aliphatic heterocycles. The van der Waals surface area contributed by atoms with E-state index in [0.29, 0.717) is 0 Å². The standard InChI is InChI=1S/C5H5Cl2NO3/c1-11-3(9)2-5(6,7)4(10)8-2/h2H,1H3,(H,8,10)/t2-/m1/s1. The molecular formula is C5H5Cl2NO3. The zero-order chi connectivity index (χ0) is 8.65. The van der Waals surface area contributed by atoms with Crippen LogP contribution >= 0.6 is 23.2 Å². The highest BCUT2D eigenvalue weighted by atomic mass is 35.5. The van der Waals surface area contributed by atoms with Crippen LogP contribution in [0.15, 0.2) is 0 Å². The van der Waals surface area contributed by atoms with Crippen molar-refractivity contribution < 1.29 is 14.3 Å². The fourth-order valence-corrected chi connectivity index (χ4v) is 1.09. The van der Waals surface area contributed by atoms with Gasteiger partial charge in [0, 0.05) is 0 Å². The molecule has 1 fully saturated rings. The van der Waals surface area contributed by atoms with Crippen LogP contribution in [0.4, 0.5) is 0 Å². The van der Waals surface area contributed by atoms with Crippen LogP contribution in [0.25, 0.3) is 0 Å². The van der Waals surface area contributed by atoms with E-state index in [2.05, 4.69) is 10.1 Å². The molecule has 62 valence electrons. The van der Waals surface area contributed by atoms with Crippen molar-refractivity contribution in [2.45, 2.75) is 10.4 Å². The van der Waals surface area contributed by atoms with E-state index in [-0.39, 0.29) is 0 Å². The molecule has 0 radical (unpaired) electrons. The second kappa shape index (κ2) is 2.53. The highest BCUT2D eigenvalue weighted by Crippen LogP contribution is 2.33. The molecule has 1 rings (SSSR count). The molecule has 1 saturated heterocycles. The topological polar surface area (TPSA) is 55.4 Å². The summed E-state index contributed by atoms with van der Waals surface area (Å²) in [5.41, 5.74) is 0. The number of carbonyl (C=O) groups is 2. The van der Waals surface area contributed by atoms with Gasteiger partial charge in [0.15, 0.2) is 6.04 Å². The maximum absolute atomic E-state index is 10.7. The van der Waals surface area contributed by atoms with Gasteiger partial charge in [0.2, 0.25) is 4.33 Å². The third-order valence-corrected chi connectivity index (χ3v) is 2.16. The quantitative estimate of drug-likeness (QED) is 0.361. The van der Waals surface area contributed by atoms with Crippen molar-refractivity contribution in [3.8, 4) is 0 Å². The van der Waals surface area contributed by atoms with Crippen LogP contribution in [0, 0.1) is 0 Å². The SMILES string of the molecule is COC(=O)[C@H]1NC(=O)C1(Cl)Cl.